The number of carbonyl (C=O) groups is 1. The van der Waals surface area contributed by atoms with Crippen molar-refractivity contribution in [2.45, 2.75) is 6.73 Å². The van der Waals surface area contributed by atoms with Crippen LogP contribution in [-0.4, -0.2) is 20.8 Å². The third kappa shape index (κ3) is 1.14. The van der Waals surface area contributed by atoms with Gasteiger partial charge in [-0.15, -0.1) is 0 Å². The van der Waals surface area contributed by atoms with Gasteiger partial charge in [0.25, 0.3) is 5.91 Å². The Labute approximate surface area is 57.1 Å². The van der Waals surface area contributed by atoms with Crippen molar-refractivity contribution >= 4 is 5.91 Å². The first-order chi connectivity index (χ1) is 4.74. The third-order valence-corrected chi connectivity index (χ3v) is 1.06. The monoisotopic (exact) mass is 141 g/mol. The first-order valence-electron chi connectivity index (χ1n) is 2.67. The number of primary amides is 1. The molecule has 0 atom stereocenters. The van der Waals surface area contributed by atoms with E-state index in [9.17, 15) is 4.79 Å². The van der Waals surface area contributed by atoms with Crippen LogP contribution in [-0.2, 0) is 6.73 Å². The van der Waals surface area contributed by atoms with Crippen LogP contribution in [0.25, 0.3) is 0 Å². The van der Waals surface area contributed by atoms with Crippen molar-refractivity contribution in [2.75, 3.05) is 0 Å². The number of amides is 1. The molecule has 0 unspecified atom stereocenters. The molecule has 0 aliphatic carbocycles. The summed E-state index contributed by atoms with van der Waals surface area (Å²) >= 11 is 0. The molecule has 3 N–H and O–H groups in total. The van der Waals surface area contributed by atoms with Gasteiger partial charge < -0.3 is 10.8 Å². The summed E-state index contributed by atoms with van der Waals surface area (Å²) in [5.41, 5.74) is 5.21. The Balaban J connectivity index is 2.88. The van der Waals surface area contributed by atoms with E-state index in [2.05, 4.69) is 5.10 Å². The number of aliphatic hydroxyl groups excluding tert-OH is 1. The third-order valence-electron chi connectivity index (χ3n) is 1.06. The molecule has 0 aliphatic rings. The number of nitrogens with two attached hydrogens (primary N) is 1. The molecule has 5 heteroatoms. The summed E-state index contributed by atoms with van der Waals surface area (Å²) in [7, 11) is 0. The van der Waals surface area contributed by atoms with Gasteiger partial charge in [-0.2, -0.15) is 5.10 Å². The second-order valence-electron chi connectivity index (χ2n) is 1.77. The van der Waals surface area contributed by atoms with Gasteiger partial charge in [-0.05, 0) is 0 Å². The van der Waals surface area contributed by atoms with Gasteiger partial charge in [0.2, 0.25) is 0 Å². The van der Waals surface area contributed by atoms with Crippen molar-refractivity contribution in [1.82, 2.24) is 9.78 Å². The van der Waals surface area contributed by atoms with Crippen LogP contribution in [0.15, 0.2) is 12.4 Å². The van der Waals surface area contributed by atoms with Crippen LogP contribution in [0.1, 0.15) is 10.4 Å². The predicted octanol–water partition coefficient (Wildman–Crippen LogP) is -1.07. The van der Waals surface area contributed by atoms with Crippen LogP contribution < -0.4 is 5.73 Å². The van der Waals surface area contributed by atoms with Gasteiger partial charge in [0.15, 0.2) is 0 Å². The summed E-state index contributed by atoms with van der Waals surface area (Å²) in [6.45, 7) is -0.243. The SMILES string of the molecule is NC(=O)c1cnn(CO)c1. The normalized spacial score (nSPS) is 9.70. The van der Waals surface area contributed by atoms with Crippen molar-refractivity contribution in [3.63, 3.8) is 0 Å². The molecule has 1 heterocycles. The Morgan fingerprint density at radius 2 is 2.60 bits per heavy atom. The number of aromatic nitrogens is 2. The smallest absolute Gasteiger partial charge is 0.251 e. The number of rotatable bonds is 2. The molecule has 5 nitrogen and oxygen atoms in total. The van der Waals surface area contributed by atoms with Crippen molar-refractivity contribution in [3.8, 4) is 0 Å². The Morgan fingerprint density at radius 1 is 1.90 bits per heavy atom. The fraction of sp³-hybridized carbons (Fsp3) is 0.200. The molecular weight excluding hydrogens is 134 g/mol. The summed E-state index contributed by atoms with van der Waals surface area (Å²) in [4.78, 5) is 10.4. The minimum Gasteiger partial charge on any atom is -0.374 e. The molecule has 0 saturated carbocycles. The van der Waals surface area contributed by atoms with E-state index in [1.807, 2.05) is 0 Å². The maximum atomic E-state index is 10.4. The fourth-order valence-electron chi connectivity index (χ4n) is 0.568. The number of nitrogens with zero attached hydrogens (tertiary/aromatic N) is 2. The molecule has 10 heavy (non-hydrogen) atoms. The Bertz CT molecular complexity index is 243. The maximum Gasteiger partial charge on any atom is 0.251 e. The lowest BCUT2D eigenvalue weighted by atomic mass is 10.4. The number of hydrogen-bond acceptors (Lipinski definition) is 3. The molecule has 0 bridgehead atoms. The van der Waals surface area contributed by atoms with E-state index in [0.717, 1.165) is 0 Å². The van der Waals surface area contributed by atoms with E-state index >= 15 is 0 Å². The van der Waals surface area contributed by atoms with Crippen LogP contribution in [0.5, 0.6) is 0 Å². The number of hydrogen-bond donors (Lipinski definition) is 2. The summed E-state index contributed by atoms with van der Waals surface area (Å²) in [5, 5.41) is 12.1. The summed E-state index contributed by atoms with van der Waals surface area (Å²) in [5.74, 6) is -0.542. The molecule has 0 radical (unpaired) electrons. The highest BCUT2D eigenvalue weighted by atomic mass is 16.3. The minimum absolute atomic E-state index is 0.243. The Hall–Kier alpha value is -1.36. The molecule has 1 aromatic heterocycles. The first-order valence-corrected chi connectivity index (χ1v) is 2.67. The fourth-order valence-corrected chi connectivity index (χ4v) is 0.568. The van der Waals surface area contributed by atoms with E-state index in [0.29, 0.717) is 5.56 Å². The van der Waals surface area contributed by atoms with E-state index < -0.39 is 5.91 Å². The van der Waals surface area contributed by atoms with Crippen molar-refractivity contribution in [1.29, 1.82) is 0 Å². The highest BCUT2D eigenvalue weighted by molar-refractivity contribution is 5.92. The standard InChI is InChI=1S/C5H7N3O2/c6-5(10)4-1-7-8(2-4)3-9/h1-2,9H,3H2,(H2,6,10). The van der Waals surface area contributed by atoms with Crippen molar-refractivity contribution < 1.29 is 9.90 Å². The molecule has 1 rings (SSSR count). The van der Waals surface area contributed by atoms with Gasteiger partial charge in [0, 0.05) is 6.20 Å². The van der Waals surface area contributed by atoms with E-state index in [-0.39, 0.29) is 6.73 Å². The average molecular weight is 141 g/mol. The second-order valence-corrected chi connectivity index (χ2v) is 1.77. The van der Waals surface area contributed by atoms with E-state index in [1.54, 1.807) is 0 Å². The molecular formula is C5H7N3O2. The Morgan fingerprint density at radius 3 is 2.90 bits per heavy atom. The largest absolute Gasteiger partial charge is 0.374 e. The predicted molar refractivity (Wildman–Crippen MR) is 33.0 cm³/mol. The molecule has 0 saturated heterocycles. The van der Waals surface area contributed by atoms with Gasteiger partial charge in [0.05, 0.1) is 11.8 Å². The van der Waals surface area contributed by atoms with Gasteiger partial charge in [0.1, 0.15) is 6.73 Å². The van der Waals surface area contributed by atoms with Gasteiger partial charge >= 0.3 is 0 Å². The summed E-state index contributed by atoms with van der Waals surface area (Å²) in [6.07, 6.45) is 2.68. The van der Waals surface area contributed by atoms with Crippen LogP contribution >= 0.6 is 0 Å². The summed E-state index contributed by atoms with van der Waals surface area (Å²) < 4.78 is 1.21. The first kappa shape index (κ1) is 6.76. The molecule has 1 amide bonds. The summed E-state index contributed by atoms with van der Waals surface area (Å²) in [6, 6.07) is 0. The Kier molecular flexibility index (Phi) is 1.68. The zero-order chi connectivity index (χ0) is 7.56. The average Bonchev–Trinajstić information content (AvgIpc) is 2.34. The van der Waals surface area contributed by atoms with Crippen LogP contribution in [0, 0.1) is 0 Å². The zero-order valence-electron chi connectivity index (χ0n) is 5.19. The van der Waals surface area contributed by atoms with Crippen LogP contribution in [0.4, 0.5) is 0 Å². The highest BCUT2D eigenvalue weighted by Gasteiger charge is 2.01. The van der Waals surface area contributed by atoms with Gasteiger partial charge in [-0.1, -0.05) is 0 Å². The van der Waals surface area contributed by atoms with Crippen LogP contribution in [0.3, 0.4) is 0 Å². The molecule has 54 valence electrons. The lowest BCUT2D eigenvalue weighted by Gasteiger charge is -1.88. The zero-order valence-corrected chi connectivity index (χ0v) is 5.19. The highest BCUT2D eigenvalue weighted by Crippen LogP contribution is 1.93. The van der Waals surface area contributed by atoms with Crippen molar-refractivity contribution in [2.24, 2.45) is 5.73 Å². The van der Waals surface area contributed by atoms with Crippen LogP contribution in [0.2, 0.25) is 0 Å². The number of carbonyl (C=O) groups excluding carboxylic acids is 1. The lowest BCUT2D eigenvalue weighted by molar-refractivity contribution is 0.1000. The van der Waals surface area contributed by atoms with E-state index in [4.69, 9.17) is 10.8 Å². The minimum atomic E-state index is -0.542. The topological polar surface area (TPSA) is 81.1 Å². The molecule has 0 aromatic carbocycles. The lowest BCUT2D eigenvalue weighted by Crippen LogP contribution is -2.09. The van der Waals surface area contributed by atoms with Gasteiger partial charge in [-0.3, -0.25) is 4.79 Å². The van der Waals surface area contributed by atoms with Gasteiger partial charge in [-0.25, -0.2) is 4.68 Å². The molecule has 1 aromatic rings. The molecule has 0 aliphatic heterocycles. The molecule has 0 spiro atoms. The second kappa shape index (κ2) is 2.49. The quantitative estimate of drug-likeness (QED) is 0.550. The maximum absolute atomic E-state index is 10.4. The van der Waals surface area contributed by atoms with E-state index in [1.165, 1.54) is 17.1 Å². The number of aliphatic hydroxyl groups is 1. The molecule has 0 fully saturated rings. The van der Waals surface area contributed by atoms with Crippen molar-refractivity contribution in [3.05, 3.63) is 18.0 Å².